The van der Waals surface area contributed by atoms with E-state index >= 15 is 0 Å². The molecule has 110 valence electrons. The van der Waals surface area contributed by atoms with Gasteiger partial charge in [0.15, 0.2) is 0 Å². The van der Waals surface area contributed by atoms with E-state index in [4.69, 9.17) is 4.74 Å². The number of unbranched alkanes of at least 4 members (excludes halogenated alkanes) is 1. The number of carbonyl (C=O) groups is 1. The summed E-state index contributed by atoms with van der Waals surface area (Å²) < 4.78 is 6.96. The maximum absolute atomic E-state index is 11.9. The quantitative estimate of drug-likeness (QED) is 0.802. The summed E-state index contributed by atoms with van der Waals surface area (Å²) in [5.41, 5.74) is -0.0570. The van der Waals surface area contributed by atoms with E-state index in [-0.39, 0.29) is 17.0 Å². The molecule has 1 aliphatic heterocycles. The van der Waals surface area contributed by atoms with Crippen LogP contribution < -0.4 is 10.9 Å². The molecule has 20 heavy (non-hydrogen) atoms. The fourth-order valence-electron chi connectivity index (χ4n) is 2.44. The molecule has 1 aromatic heterocycles. The van der Waals surface area contributed by atoms with Crippen LogP contribution in [0.2, 0.25) is 0 Å². The summed E-state index contributed by atoms with van der Waals surface area (Å²) in [6.07, 6.45) is 7.39. The monoisotopic (exact) mass is 278 g/mol. The molecule has 1 unspecified atom stereocenters. The van der Waals surface area contributed by atoms with Crippen molar-refractivity contribution < 1.29 is 9.53 Å². The average Bonchev–Trinajstić information content (AvgIpc) is 2.94. The van der Waals surface area contributed by atoms with Crippen LogP contribution in [0, 0.1) is 0 Å². The number of carbonyl (C=O) groups excluding carboxylic acids is 1. The zero-order valence-electron chi connectivity index (χ0n) is 11.9. The van der Waals surface area contributed by atoms with Gasteiger partial charge in [0.25, 0.3) is 11.5 Å². The van der Waals surface area contributed by atoms with Crippen LogP contribution in [0.1, 0.15) is 42.5 Å². The van der Waals surface area contributed by atoms with Crippen LogP contribution in [-0.4, -0.2) is 29.7 Å². The molecule has 0 spiro atoms. The molecule has 2 heterocycles. The molecule has 1 aromatic rings. The summed E-state index contributed by atoms with van der Waals surface area (Å²) in [5, 5.41) is 2.80. The molecule has 0 bridgehead atoms. The minimum atomic E-state index is -0.289. The Morgan fingerprint density at radius 3 is 3.10 bits per heavy atom. The van der Waals surface area contributed by atoms with E-state index in [0.717, 1.165) is 32.3 Å². The van der Waals surface area contributed by atoms with Crippen molar-refractivity contribution in [2.75, 3.05) is 13.2 Å². The third kappa shape index (κ3) is 3.93. The summed E-state index contributed by atoms with van der Waals surface area (Å²) >= 11 is 0. The van der Waals surface area contributed by atoms with E-state index in [1.807, 2.05) is 0 Å². The zero-order chi connectivity index (χ0) is 14.4. The van der Waals surface area contributed by atoms with Gasteiger partial charge in [-0.15, -0.1) is 0 Å². The molecular weight excluding hydrogens is 256 g/mol. The van der Waals surface area contributed by atoms with Crippen LogP contribution in [0.15, 0.2) is 23.1 Å². The Morgan fingerprint density at radius 1 is 1.50 bits per heavy atom. The lowest BCUT2D eigenvalue weighted by atomic mass is 10.1. The summed E-state index contributed by atoms with van der Waals surface area (Å²) in [6, 6.07) is 3.26. The van der Waals surface area contributed by atoms with Gasteiger partial charge in [-0.25, -0.2) is 0 Å². The summed E-state index contributed by atoms with van der Waals surface area (Å²) in [7, 11) is 1.64. The van der Waals surface area contributed by atoms with Gasteiger partial charge in [-0.2, -0.15) is 0 Å². The predicted octanol–water partition coefficient (Wildman–Crippen LogP) is 1.46. The number of pyridine rings is 1. The molecule has 5 heteroatoms. The molecular formula is C15H22N2O3. The maximum Gasteiger partial charge on any atom is 0.263 e. The summed E-state index contributed by atoms with van der Waals surface area (Å²) in [6.45, 7) is 1.49. The second-order valence-electron chi connectivity index (χ2n) is 5.22. The van der Waals surface area contributed by atoms with E-state index < -0.39 is 0 Å². The lowest BCUT2D eigenvalue weighted by Gasteiger charge is -2.09. The van der Waals surface area contributed by atoms with Crippen LogP contribution in [0.25, 0.3) is 0 Å². The van der Waals surface area contributed by atoms with Crippen molar-refractivity contribution in [3.63, 3.8) is 0 Å². The highest BCUT2D eigenvalue weighted by Crippen LogP contribution is 2.17. The molecule has 1 aliphatic rings. The van der Waals surface area contributed by atoms with Crippen molar-refractivity contribution in [2.45, 2.75) is 38.2 Å². The molecule has 1 atom stereocenters. The van der Waals surface area contributed by atoms with Crippen molar-refractivity contribution in [2.24, 2.45) is 7.05 Å². The molecule has 1 fully saturated rings. The first-order valence-electron chi connectivity index (χ1n) is 7.24. The fourth-order valence-corrected chi connectivity index (χ4v) is 2.44. The number of aryl methyl sites for hydroxylation is 1. The van der Waals surface area contributed by atoms with Crippen LogP contribution in [-0.2, 0) is 11.8 Å². The third-order valence-corrected chi connectivity index (χ3v) is 3.63. The Kier molecular flexibility index (Phi) is 5.35. The van der Waals surface area contributed by atoms with Crippen LogP contribution >= 0.6 is 0 Å². The average molecular weight is 278 g/mol. The van der Waals surface area contributed by atoms with E-state index in [1.165, 1.54) is 11.0 Å². The molecule has 0 radical (unpaired) electrons. The lowest BCUT2D eigenvalue weighted by molar-refractivity contribution is 0.0945. The van der Waals surface area contributed by atoms with E-state index in [0.29, 0.717) is 12.6 Å². The number of rotatable bonds is 6. The maximum atomic E-state index is 11.9. The van der Waals surface area contributed by atoms with Gasteiger partial charge in [0.1, 0.15) is 5.56 Å². The van der Waals surface area contributed by atoms with Crippen molar-refractivity contribution in [3.8, 4) is 0 Å². The first-order valence-corrected chi connectivity index (χ1v) is 7.24. The van der Waals surface area contributed by atoms with Gasteiger partial charge in [0.2, 0.25) is 0 Å². The van der Waals surface area contributed by atoms with Crippen molar-refractivity contribution in [3.05, 3.63) is 34.2 Å². The number of nitrogens with one attached hydrogen (secondary N) is 1. The molecule has 1 amide bonds. The van der Waals surface area contributed by atoms with Crippen molar-refractivity contribution in [1.29, 1.82) is 0 Å². The highest BCUT2D eigenvalue weighted by Gasteiger charge is 2.14. The highest BCUT2D eigenvalue weighted by molar-refractivity contribution is 5.93. The summed E-state index contributed by atoms with van der Waals surface area (Å²) in [5.74, 6) is -0.289. The van der Waals surface area contributed by atoms with Gasteiger partial charge in [-0.3, -0.25) is 9.59 Å². The Balaban J connectivity index is 1.69. The molecule has 1 saturated heterocycles. The molecule has 1 N–H and O–H groups in total. The lowest BCUT2D eigenvalue weighted by Crippen LogP contribution is -2.32. The zero-order valence-corrected chi connectivity index (χ0v) is 11.9. The van der Waals surface area contributed by atoms with Gasteiger partial charge in [0.05, 0.1) is 6.10 Å². The molecule has 0 aliphatic carbocycles. The first-order chi connectivity index (χ1) is 9.68. The van der Waals surface area contributed by atoms with Crippen LogP contribution in [0.4, 0.5) is 0 Å². The Labute approximate surface area is 118 Å². The van der Waals surface area contributed by atoms with Gasteiger partial charge >= 0.3 is 0 Å². The number of hydrogen-bond acceptors (Lipinski definition) is 3. The second-order valence-corrected chi connectivity index (χ2v) is 5.22. The van der Waals surface area contributed by atoms with Crippen LogP contribution in [0.5, 0.6) is 0 Å². The van der Waals surface area contributed by atoms with Gasteiger partial charge in [-0.05, 0) is 44.2 Å². The van der Waals surface area contributed by atoms with Crippen molar-refractivity contribution in [1.82, 2.24) is 9.88 Å². The molecule has 2 rings (SSSR count). The number of nitrogens with zero attached hydrogens (tertiary/aromatic N) is 1. The second kappa shape index (κ2) is 7.24. The first kappa shape index (κ1) is 14.8. The largest absolute Gasteiger partial charge is 0.378 e. The third-order valence-electron chi connectivity index (χ3n) is 3.63. The van der Waals surface area contributed by atoms with Gasteiger partial charge in [-0.1, -0.05) is 0 Å². The Morgan fingerprint density at radius 2 is 2.35 bits per heavy atom. The highest BCUT2D eigenvalue weighted by atomic mass is 16.5. The molecule has 0 aromatic carbocycles. The van der Waals surface area contributed by atoms with E-state index in [2.05, 4.69) is 5.32 Å². The standard InChI is InChI=1S/C15H22N2O3/c1-17-10-4-8-13(15(17)19)14(18)16-9-3-2-6-12-7-5-11-20-12/h4,8,10,12H,2-3,5-7,9,11H2,1H3,(H,16,18). The minimum absolute atomic E-state index is 0.203. The van der Waals surface area contributed by atoms with Crippen molar-refractivity contribution >= 4 is 5.91 Å². The normalized spacial score (nSPS) is 18.1. The smallest absolute Gasteiger partial charge is 0.263 e. The Bertz CT molecular complexity index is 504. The fraction of sp³-hybridized carbons (Fsp3) is 0.600. The SMILES string of the molecule is Cn1cccc(C(=O)NCCCCC2CCCO2)c1=O. The molecule has 0 saturated carbocycles. The predicted molar refractivity (Wildman–Crippen MR) is 76.8 cm³/mol. The number of amides is 1. The number of aromatic nitrogens is 1. The van der Waals surface area contributed by atoms with Crippen LogP contribution in [0.3, 0.4) is 0 Å². The van der Waals surface area contributed by atoms with Gasteiger partial charge < -0.3 is 14.6 Å². The molecule has 5 nitrogen and oxygen atoms in total. The topological polar surface area (TPSA) is 60.3 Å². The number of hydrogen-bond donors (Lipinski definition) is 1. The van der Waals surface area contributed by atoms with E-state index in [1.54, 1.807) is 25.4 Å². The van der Waals surface area contributed by atoms with Gasteiger partial charge in [0, 0.05) is 26.4 Å². The minimum Gasteiger partial charge on any atom is -0.378 e. The van der Waals surface area contributed by atoms with E-state index in [9.17, 15) is 9.59 Å². The summed E-state index contributed by atoms with van der Waals surface area (Å²) in [4.78, 5) is 23.6. The number of ether oxygens (including phenoxy) is 1. The Hall–Kier alpha value is -1.62.